The second-order valence-corrected chi connectivity index (χ2v) is 3.73. The van der Waals surface area contributed by atoms with Crippen LogP contribution in [-0.2, 0) is 4.74 Å². The van der Waals surface area contributed by atoms with E-state index in [1.165, 1.54) is 13.2 Å². The molecule has 3 N–H and O–H groups in total. The lowest BCUT2D eigenvalue weighted by molar-refractivity contribution is 0.0600. The van der Waals surface area contributed by atoms with Crippen molar-refractivity contribution in [3.63, 3.8) is 0 Å². The summed E-state index contributed by atoms with van der Waals surface area (Å²) in [4.78, 5) is 11.3. The summed E-state index contributed by atoms with van der Waals surface area (Å²) < 4.78 is 4.56. The molecule has 4 nitrogen and oxygen atoms in total. The third-order valence-electron chi connectivity index (χ3n) is 2.22. The highest BCUT2D eigenvalue weighted by Crippen LogP contribution is 2.23. The molecular weight excluding hydrogens is 230 g/mol. The number of aliphatic hydroxyl groups is 1. The van der Waals surface area contributed by atoms with Crippen molar-refractivity contribution in [2.75, 3.05) is 13.7 Å². The minimum absolute atomic E-state index is 0.264. The van der Waals surface area contributed by atoms with Gasteiger partial charge in [0, 0.05) is 0 Å². The Bertz CT molecular complexity index is 381. The van der Waals surface area contributed by atoms with Gasteiger partial charge in [0.2, 0.25) is 0 Å². The van der Waals surface area contributed by atoms with Crippen LogP contribution in [0.2, 0.25) is 5.02 Å². The van der Waals surface area contributed by atoms with E-state index >= 15 is 0 Å². The number of carbonyl (C=O) groups excluding carboxylic acids is 1. The Kier molecular flexibility index (Phi) is 4.73. The highest BCUT2D eigenvalue weighted by Gasteiger charge is 2.13. The van der Waals surface area contributed by atoms with E-state index in [-0.39, 0.29) is 10.6 Å². The Morgan fingerprint density at radius 2 is 2.31 bits per heavy atom. The number of hydrogen-bond acceptors (Lipinski definition) is 4. The number of ether oxygens (including phenoxy) is 1. The lowest BCUT2D eigenvalue weighted by Gasteiger charge is -2.11. The predicted molar refractivity (Wildman–Crippen MR) is 61.4 cm³/mol. The molecule has 0 spiro atoms. The number of carbonyl (C=O) groups is 1. The van der Waals surface area contributed by atoms with Gasteiger partial charge < -0.3 is 15.6 Å². The summed E-state index contributed by atoms with van der Waals surface area (Å²) in [6.45, 7) is 0.386. The number of halogens is 1. The first kappa shape index (κ1) is 13.0. The van der Waals surface area contributed by atoms with Gasteiger partial charge >= 0.3 is 5.97 Å². The molecule has 5 heteroatoms. The molecule has 0 saturated heterocycles. The van der Waals surface area contributed by atoms with Crippen molar-refractivity contribution in [3.05, 3.63) is 34.3 Å². The molecule has 0 unspecified atom stereocenters. The van der Waals surface area contributed by atoms with Gasteiger partial charge in [-0.2, -0.15) is 0 Å². The van der Waals surface area contributed by atoms with E-state index in [0.717, 1.165) is 0 Å². The monoisotopic (exact) mass is 243 g/mol. The quantitative estimate of drug-likeness (QED) is 0.787. The molecule has 1 rings (SSSR count). The Labute approximate surface area is 99.0 Å². The Balaban J connectivity index is 2.94. The molecule has 0 radical (unpaired) electrons. The van der Waals surface area contributed by atoms with Crippen LogP contribution in [0.4, 0.5) is 0 Å². The van der Waals surface area contributed by atoms with Gasteiger partial charge in [-0.25, -0.2) is 4.79 Å². The zero-order valence-electron chi connectivity index (χ0n) is 8.94. The zero-order valence-corrected chi connectivity index (χ0v) is 9.70. The molecular formula is C11H14ClNO3. The number of rotatable bonds is 4. The van der Waals surface area contributed by atoms with Crippen LogP contribution in [0.25, 0.3) is 0 Å². The van der Waals surface area contributed by atoms with Gasteiger partial charge in [0.15, 0.2) is 0 Å². The molecule has 0 saturated carbocycles. The van der Waals surface area contributed by atoms with E-state index in [4.69, 9.17) is 17.3 Å². The molecule has 0 aliphatic rings. The summed E-state index contributed by atoms with van der Waals surface area (Å²) in [6.07, 6.45) is -0.206. The number of aliphatic hydroxyl groups excluding tert-OH is 1. The average molecular weight is 244 g/mol. The normalized spacial score (nSPS) is 12.2. The molecule has 0 bridgehead atoms. The molecule has 0 fully saturated rings. The molecule has 0 amide bonds. The van der Waals surface area contributed by atoms with Crippen LogP contribution < -0.4 is 5.73 Å². The molecule has 0 aliphatic heterocycles. The fraction of sp³-hybridized carbons (Fsp3) is 0.364. The lowest BCUT2D eigenvalue weighted by Crippen LogP contribution is -2.08. The van der Waals surface area contributed by atoms with E-state index in [1.807, 2.05) is 0 Å². The number of benzene rings is 1. The summed E-state index contributed by atoms with van der Waals surface area (Å²) >= 11 is 5.90. The highest BCUT2D eigenvalue weighted by molar-refractivity contribution is 6.33. The van der Waals surface area contributed by atoms with Gasteiger partial charge in [-0.05, 0) is 30.7 Å². The molecule has 0 aliphatic carbocycles. The number of esters is 1. The Morgan fingerprint density at radius 1 is 1.62 bits per heavy atom. The van der Waals surface area contributed by atoms with Gasteiger partial charge in [0.05, 0.1) is 23.8 Å². The van der Waals surface area contributed by atoms with Crippen LogP contribution in [0.3, 0.4) is 0 Å². The van der Waals surface area contributed by atoms with Crippen molar-refractivity contribution in [2.45, 2.75) is 12.5 Å². The summed E-state index contributed by atoms with van der Waals surface area (Å²) in [5.41, 5.74) is 6.26. The number of hydrogen-bond donors (Lipinski definition) is 2. The predicted octanol–water partition coefficient (Wildman–Crippen LogP) is 1.51. The zero-order chi connectivity index (χ0) is 12.1. The molecule has 0 aromatic heterocycles. The Morgan fingerprint density at radius 3 is 2.81 bits per heavy atom. The largest absolute Gasteiger partial charge is 0.465 e. The number of nitrogens with two attached hydrogens (primary N) is 1. The van der Waals surface area contributed by atoms with Crippen molar-refractivity contribution in [1.82, 2.24) is 0 Å². The van der Waals surface area contributed by atoms with Crippen LogP contribution in [0, 0.1) is 0 Å². The minimum atomic E-state index is -0.658. The van der Waals surface area contributed by atoms with E-state index in [1.54, 1.807) is 12.1 Å². The van der Waals surface area contributed by atoms with Gasteiger partial charge in [0.1, 0.15) is 0 Å². The molecule has 1 atom stereocenters. The standard InChI is InChI=1S/C11H14ClNO3/c1-16-11(15)8-3-2-7(6-9(8)12)10(14)4-5-13/h2-3,6,10,14H,4-5,13H2,1H3/t10-/m1/s1. The van der Waals surface area contributed by atoms with Crippen molar-refractivity contribution in [2.24, 2.45) is 5.73 Å². The van der Waals surface area contributed by atoms with Crippen molar-refractivity contribution < 1.29 is 14.6 Å². The van der Waals surface area contributed by atoms with E-state index in [0.29, 0.717) is 18.5 Å². The van der Waals surface area contributed by atoms with Crippen LogP contribution in [0.15, 0.2) is 18.2 Å². The minimum Gasteiger partial charge on any atom is -0.465 e. The van der Waals surface area contributed by atoms with Gasteiger partial charge in [0.25, 0.3) is 0 Å². The van der Waals surface area contributed by atoms with Gasteiger partial charge in [-0.3, -0.25) is 0 Å². The number of methoxy groups -OCH3 is 1. The third kappa shape index (κ3) is 2.95. The summed E-state index contributed by atoms with van der Waals surface area (Å²) in [5.74, 6) is -0.495. The summed E-state index contributed by atoms with van der Waals surface area (Å²) in [7, 11) is 1.29. The van der Waals surface area contributed by atoms with Gasteiger partial charge in [-0.15, -0.1) is 0 Å². The summed E-state index contributed by atoms with van der Waals surface area (Å²) in [5, 5.41) is 9.94. The first-order valence-corrected chi connectivity index (χ1v) is 5.23. The highest BCUT2D eigenvalue weighted by atomic mass is 35.5. The maximum Gasteiger partial charge on any atom is 0.339 e. The van der Waals surface area contributed by atoms with E-state index in [9.17, 15) is 9.90 Å². The molecule has 16 heavy (non-hydrogen) atoms. The van der Waals surface area contributed by atoms with E-state index < -0.39 is 12.1 Å². The molecule has 1 aromatic carbocycles. The maximum atomic E-state index is 11.3. The second-order valence-electron chi connectivity index (χ2n) is 3.32. The van der Waals surface area contributed by atoms with Crippen LogP contribution in [0.5, 0.6) is 0 Å². The van der Waals surface area contributed by atoms with Gasteiger partial charge in [-0.1, -0.05) is 17.7 Å². The van der Waals surface area contributed by atoms with E-state index in [2.05, 4.69) is 4.74 Å². The topological polar surface area (TPSA) is 72.5 Å². The van der Waals surface area contributed by atoms with Crippen LogP contribution in [-0.4, -0.2) is 24.7 Å². The molecule has 0 heterocycles. The second kappa shape index (κ2) is 5.84. The van der Waals surface area contributed by atoms with Crippen LogP contribution >= 0.6 is 11.6 Å². The smallest absolute Gasteiger partial charge is 0.339 e. The fourth-order valence-corrected chi connectivity index (χ4v) is 1.60. The molecule has 88 valence electrons. The fourth-order valence-electron chi connectivity index (χ4n) is 1.34. The maximum absolute atomic E-state index is 11.3. The lowest BCUT2D eigenvalue weighted by atomic mass is 10.0. The third-order valence-corrected chi connectivity index (χ3v) is 2.54. The van der Waals surface area contributed by atoms with Crippen molar-refractivity contribution in [3.8, 4) is 0 Å². The first-order valence-electron chi connectivity index (χ1n) is 4.86. The van der Waals surface area contributed by atoms with Crippen molar-refractivity contribution >= 4 is 17.6 Å². The Hall–Kier alpha value is -1.10. The van der Waals surface area contributed by atoms with Crippen molar-refractivity contribution in [1.29, 1.82) is 0 Å². The SMILES string of the molecule is COC(=O)c1ccc([C@H](O)CCN)cc1Cl. The summed E-state index contributed by atoms with van der Waals surface area (Å²) in [6, 6.07) is 4.72. The average Bonchev–Trinajstić information content (AvgIpc) is 2.28. The first-order chi connectivity index (χ1) is 7.60. The van der Waals surface area contributed by atoms with Crippen LogP contribution in [0.1, 0.15) is 28.4 Å². The molecule has 1 aromatic rings.